The van der Waals surface area contributed by atoms with Crippen molar-refractivity contribution in [3.63, 3.8) is 0 Å². The molecule has 4 aromatic rings. The van der Waals surface area contributed by atoms with Crippen LogP contribution in [-0.2, 0) is 29.2 Å². The van der Waals surface area contributed by atoms with Gasteiger partial charge in [0.15, 0.2) is 5.65 Å². The summed E-state index contributed by atoms with van der Waals surface area (Å²) in [5.41, 5.74) is 3.81. The molecule has 5 heterocycles. The maximum atomic E-state index is 14.2. The molecule has 3 aromatic heterocycles. The van der Waals surface area contributed by atoms with Gasteiger partial charge in [0.05, 0.1) is 31.5 Å². The van der Waals surface area contributed by atoms with Crippen molar-refractivity contribution in [2.24, 2.45) is 0 Å². The van der Waals surface area contributed by atoms with Crippen LogP contribution >= 0.6 is 11.6 Å². The van der Waals surface area contributed by atoms with Gasteiger partial charge in [-0.1, -0.05) is 23.7 Å². The van der Waals surface area contributed by atoms with Crippen LogP contribution in [0.1, 0.15) is 54.4 Å². The molecule has 6 rings (SSSR count). The molecule has 0 spiro atoms. The van der Waals surface area contributed by atoms with E-state index in [0.717, 1.165) is 61.6 Å². The number of benzene rings is 1. The first-order valence-electron chi connectivity index (χ1n) is 14.6. The zero-order valence-electron chi connectivity index (χ0n) is 24.1. The second kappa shape index (κ2) is 13.4. The SMILES string of the molecule is COCCC(=N)c1cc2nc(CN3CCC(c4cccc(OCc5ccc(Cl)cc5F)n4)CC3)n(C[C@@H]3CCO3)c2nn1. The lowest BCUT2D eigenvalue weighted by molar-refractivity contribution is -0.0593. The number of hydrogen-bond acceptors (Lipinski definition) is 9. The van der Waals surface area contributed by atoms with Crippen LogP contribution in [0, 0.1) is 11.2 Å². The molecule has 10 nitrogen and oxygen atoms in total. The van der Waals surface area contributed by atoms with E-state index in [2.05, 4.69) is 19.7 Å². The molecule has 1 atom stereocenters. The Labute approximate surface area is 254 Å². The molecule has 43 heavy (non-hydrogen) atoms. The van der Waals surface area contributed by atoms with Gasteiger partial charge in [-0.3, -0.25) is 4.90 Å². The maximum Gasteiger partial charge on any atom is 0.213 e. The summed E-state index contributed by atoms with van der Waals surface area (Å²) < 4.78 is 32.9. The van der Waals surface area contributed by atoms with Crippen LogP contribution in [0.25, 0.3) is 11.2 Å². The third-order valence-electron chi connectivity index (χ3n) is 8.12. The number of nitrogens with one attached hydrogen (secondary N) is 1. The molecule has 2 aliphatic heterocycles. The largest absolute Gasteiger partial charge is 0.473 e. The Bertz CT molecular complexity index is 1590. The van der Waals surface area contributed by atoms with Crippen LogP contribution in [0.4, 0.5) is 4.39 Å². The second-order valence-corrected chi connectivity index (χ2v) is 11.5. The number of nitrogens with zero attached hydrogens (tertiary/aromatic N) is 6. The van der Waals surface area contributed by atoms with E-state index >= 15 is 0 Å². The summed E-state index contributed by atoms with van der Waals surface area (Å²) in [5.74, 6) is 1.33. The minimum atomic E-state index is -0.390. The van der Waals surface area contributed by atoms with E-state index in [9.17, 15) is 4.39 Å². The Morgan fingerprint density at radius 3 is 2.70 bits per heavy atom. The minimum Gasteiger partial charge on any atom is -0.473 e. The Morgan fingerprint density at radius 1 is 1.12 bits per heavy atom. The first-order chi connectivity index (χ1) is 21.0. The zero-order chi connectivity index (χ0) is 29.8. The highest BCUT2D eigenvalue weighted by Crippen LogP contribution is 2.30. The van der Waals surface area contributed by atoms with E-state index in [0.29, 0.717) is 59.9 Å². The highest BCUT2D eigenvalue weighted by molar-refractivity contribution is 6.30. The van der Waals surface area contributed by atoms with Crippen LogP contribution in [-0.4, -0.2) is 74.9 Å². The zero-order valence-corrected chi connectivity index (χ0v) is 24.9. The molecule has 2 fully saturated rings. The molecular weight excluding hydrogens is 573 g/mol. The van der Waals surface area contributed by atoms with Gasteiger partial charge in [0.25, 0.3) is 0 Å². The average molecular weight is 608 g/mol. The highest BCUT2D eigenvalue weighted by Gasteiger charge is 2.26. The number of aromatic nitrogens is 5. The molecule has 1 aromatic carbocycles. The molecular formula is C31H35ClFN7O3. The highest BCUT2D eigenvalue weighted by atomic mass is 35.5. The standard InChI is InChI=1S/C31H35ClFN7O3/c1-41-13-10-25(34)27-16-28-31(38-37-27)40(17-23-9-14-42-23)29(35-28)18-39-11-7-20(8-12-39)26-3-2-4-30(36-26)43-19-21-5-6-22(32)15-24(21)33/h2-6,15-16,20,23,34H,7-14,17-19H2,1H3/t23-/m0/s1. The second-order valence-electron chi connectivity index (χ2n) is 11.1. The number of methoxy groups -OCH3 is 1. The molecule has 0 amide bonds. The summed E-state index contributed by atoms with van der Waals surface area (Å²) >= 11 is 5.86. The number of pyridine rings is 1. The Morgan fingerprint density at radius 2 is 1.95 bits per heavy atom. The summed E-state index contributed by atoms with van der Waals surface area (Å²) in [6.07, 6.45) is 3.55. The lowest BCUT2D eigenvalue weighted by Crippen LogP contribution is -2.35. The molecule has 12 heteroatoms. The van der Waals surface area contributed by atoms with Gasteiger partial charge in [-0.2, -0.15) is 0 Å². The smallest absolute Gasteiger partial charge is 0.213 e. The van der Waals surface area contributed by atoms with Crippen molar-refractivity contribution in [3.8, 4) is 5.88 Å². The monoisotopic (exact) mass is 607 g/mol. The third-order valence-corrected chi connectivity index (χ3v) is 8.36. The first-order valence-corrected chi connectivity index (χ1v) is 15.0. The van der Waals surface area contributed by atoms with Gasteiger partial charge in [0, 0.05) is 48.4 Å². The minimum absolute atomic E-state index is 0.0883. The van der Waals surface area contributed by atoms with E-state index in [1.165, 1.54) is 6.07 Å². The van der Waals surface area contributed by atoms with Gasteiger partial charge in [0.2, 0.25) is 5.88 Å². The summed E-state index contributed by atoms with van der Waals surface area (Å²) in [4.78, 5) is 12.1. The molecule has 226 valence electrons. The van der Waals surface area contributed by atoms with Crippen molar-refractivity contribution in [2.45, 2.75) is 57.4 Å². The number of rotatable bonds is 12. The van der Waals surface area contributed by atoms with Gasteiger partial charge in [-0.05, 0) is 56.6 Å². The Hall–Kier alpha value is -3.51. The van der Waals surface area contributed by atoms with Gasteiger partial charge in [-0.25, -0.2) is 14.4 Å². The van der Waals surface area contributed by atoms with Crippen molar-refractivity contribution in [1.82, 2.24) is 29.6 Å². The Balaban J connectivity index is 1.10. The molecule has 2 aliphatic rings. The van der Waals surface area contributed by atoms with E-state index in [1.54, 1.807) is 25.3 Å². The fourth-order valence-electron chi connectivity index (χ4n) is 5.51. The summed E-state index contributed by atoms with van der Waals surface area (Å²) in [5, 5.41) is 17.5. The maximum absolute atomic E-state index is 14.2. The lowest BCUT2D eigenvalue weighted by atomic mass is 9.93. The van der Waals surface area contributed by atoms with E-state index in [-0.39, 0.29) is 18.5 Å². The molecule has 0 unspecified atom stereocenters. The van der Waals surface area contributed by atoms with Crippen LogP contribution < -0.4 is 4.74 Å². The first kappa shape index (κ1) is 29.6. The molecule has 1 N–H and O–H groups in total. The van der Waals surface area contributed by atoms with Crippen molar-refractivity contribution in [2.75, 3.05) is 33.4 Å². The summed E-state index contributed by atoms with van der Waals surface area (Å²) in [6.45, 7) is 4.51. The molecule has 0 aliphatic carbocycles. The van der Waals surface area contributed by atoms with Gasteiger partial charge in [-0.15, -0.1) is 10.2 Å². The third kappa shape index (κ3) is 7.01. The normalized spacial score (nSPS) is 17.7. The number of hydrogen-bond donors (Lipinski definition) is 1. The lowest BCUT2D eigenvalue weighted by Gasteiger charge is -2.32. The predicted molar refractivity (Wildman–Crippen MR) is 160 cm³/mol. The van der Waals surface area contributed by atoms with Crippen molar-refractivity contribution >= 4 is 28.5 Å². The number of halogens is 2. The van der Waals surface area contributed by atoms with E-state index in [1.807, 2.05) is 18.2 Å². The van der Waals surface area contributed by atoms with Gasteiger partial charge < -0.3 is 24.2 Å². The number of piperidine rings is 1. The van der Waals surface area contributed by atoms with Crippen LogP contribution in [0.5, 0.6) is 5.88 Å². The molecule has 0 saturated carbocycles. The molecule has 2 saturated heterocycles. The molecule has 0 bridgehead atoms. The molecule has 0 radical (unpaired) electrons. The summed E-state index contributed by atoms with van der Waals surface area (Å²) in [7, 11) is 1.62. The fraction of sp³-hybridized carbons (Fsp3) is 0.452. The van der Waals surface area contributed by atoms with Crippen LogP contribution in [0.15, 0.2) is 42.5 Å². The van der Waals surface area contributed by atoms with Crippen molar-refractivity contribution in [3.05, 3.63) is 76.1 Å². The average Bonchev–Trinajstić information content (AvgIpc) is 3.33. The number of fused-ring (bicyclic) bond motifs is 1. The van der Waals surface area contributed by atoms with Crippen molar-refractivity contribution < 1.29 is 18.6 Å². The quantitative estimate of drug-likeness (QED) is 0.220. The Kier molecular flexibility index (Phi) is 9.22. The number of imidazole rings is 1. The van der Waals surface area contributed by atoms with Crippen molar-refractivity contribution in [1.29, 1.82) is 5.41 Å². The van der Waals surface area contributed by atoms with E-state index in [4.69, 9.17) is 41.2 Å². The predicted octanol–water partition coefficient (Wildman–Crippen LogP) is 5.17. The summed E-state index contributed by atoms with van der Waals surface area (Å²) in [6, 6.07) is 12.2. The van der Waals surface area contributed by atoms with Crippen LogP contribution in [0.2, 0.25) is 5.02 Å². The topological polar surface area (TPSA) is 111 Å². The number of likely N-dealkylation sites (tertiary alicyclic amines) is 1. The number of ether oxygens (including phenoxy) is 3. The van der Waals surface area contributed by atoms with Gasteiger partial charge in [0.1, 0.15) is 29.5 Å². The van der Waals surface area contributed by atoms with Gasteiger partial charge >= 0.3 is 0 Å². The van der Waals surface area contributed by atoms with E-state index < -0.39 is 0 Å². The fourth-order valence-corrected chi connectivity index (χ4v) is 5.67. The van der Waals surface area contributed by atoms with Crippen LogP contribution in [0.3, 0.4) is 0 Å².